The van der Waals surface area contributed by atoms with E-state index >= 15 is 0 Å². The molecular weight excluding hydrogens is 234 g/mol. The number of hydrogen-bond acceptors (Lipinski definition) is 2. The molecule has 1 rings (SSSR count). The van der Waals surface area contributed by atoms with E-state index in [1.165, 1.54) is 22.3 Å². The molecule has 0 bridgehead atoms. The van der Waals surface area contributed by atoms with Gasteiger partial charge in [-0.05, 0) is 64.9 Å². The summed E-state index contributed by atoms with van der Waals surface area (Å²) < 4.78 is 0. The summed E-state index contributed by atoms with van der Waals surface area (Å²) >= 11 is 0. The average Bonchev–Trinajstić information content (AvgIpc) is 2.31. The van der Waals surface area contributed by atoms with E-state index in [0.717, 1.165) is 6.42 Å². The topological polar surface area (TPSA) is 20.3 Å². The van der Waals surface area contributed by atoms with Crippen LogP contribution in [-0.2, 0) is 11.2 Å². The molecule has 0 saturated heterocycles. The lowest BCUT2D eigenvalue weighted by Crippen LogP contribution is -2.48. The van der Waals surface area contributed by atoms with E-state index in [1.54, 1.807) is 0 Å². The maximum absolute atomic E-state index is 12.7. The van der Waals surface area contributed by atoms with Crippen LogP contribution < -0.4 is 0 Å². The normalized spacial score (nSPS) is 14.5. The lowest BCUT2D eigenvalue weighted by molar-refractivity contribution is -0.128. The first-order valence-corrected chi connectivity index (χ1v) is 6.99. The Bertz CT molecular complexity index is 453. The molecule has 0 fully saturated rings. The SMILES string of the molecule is CCC(C)(C(=O)Cc1c(C)cc(C)cc1C)N(C)C. The minimum atomic E-state index is -0.371. The third kappa shape index (κ3) is 3.24. The van der Waals surface area contributed by atoms with E-state index in [-0.39, 0.29) is 5.54 Å². The van der Waals surface area contributed by atoms with Gasteiger partial charge in [-0.25, -0.2) is 0 Å². The minimum Gasteiger partial charge on any atom is -0.297 e. The van der Waals surface area contributed by atoms with Gasteiger partial charge in [-0.3, -0.25) is 9.69 Å². The maximum Gasteiger partial charge on any atom is 0.157 e. The van der Waals surface area contributed by atoms with Crippen molar-refractivity contribution in [3.8, 4) is 0 Å². The molecule has 2 nitrogen and oxygen atoms in total. The standard InChI is InChI=1S/C17H27NO/c1-8-17(5,18(6)7)16(19)11-15-13(3)9-12(2)10-14(15)4/h9-10H,8,11H2,1-7H3. The van der Waals surface area contributed by atoms with Crippen LogP contribution in [0.2, 0.25) is 0 Å². The fourth-order valence-electron chi connectivity index (χ4n) is 2.60. The predicted octanol–water partition coefficient (Wildman–Crippen LogP) is 3.45. The average molecular weight is 261 g/mol. The van der Waals surface area contributed by atoms with Crippen LogP contribution in [0, 0.1) is 20.8 Å². The van der Waals surface area contributed by atoms with Crippen LogP contribution in [0.3, 0.4) is 0 Å². The first-order chi connectivity index (χ1) is 8.72. The largest absolute Gasteiger partial charge is 0.297 e. The van der Waals surface area contributed by atoms with Crippen molar-refractivity contribution in [2.75, 3.05) is 14.1 Å². The lowest BCUT2D eigenvalue weighted by Gasteiger charge is -2.34. The number of carbonyl (C=O) groups excluding carboxylic acids is 1. The Hall–Kier alpha value is -1.15. The van der Waals surface area contributed by atoms with Crippen LogP contribution in [0.25, 0.3) is 0 Å². The van der Waals surface area contributed by atoms with Crippen molar-refractivity contribution < 1.29 is 4.79 Å². The molecule has 1 aromatic rings. The number of likely N-dealkylation sites (N-methyl/N-ethyl adjacent to an activating group) is 1. The molecule has 1 aromatic carbocycles. The van der Waals surface area contributed by atoms with Crippen molar-refractivity contribution in [3.63, 3.8) is 0 Å². The molecule has 0 spiro atoms. The quantitative estimate of drug-likeness (QED) is 0.809. The third-order valence-electron chi connectivity index (χ3n) is 4.45. The Kier molecular flexibility index (Phi) is 4.92. The summed E-state index contributed by atoms with van der Waals surface area (Å²) in [7, 11) is 3.96. The van der Waals surface area contributed by atoms with Gasteiger partial charge in [-0.2, -0.15) is 0 Å². The fourth-order valence-corrected chi connectivity index (χ4v) is 2.60. The van der Waals surface area contributed by atoms with Crippen molar-refractivity contribution in [1.82, 2.24) is 4.90 Å². The summed E-state index contributed by atoms with van der Waals surface area (Å²) in [4.78, 5) is 14.7. The Morgan fingerprint density at radius 1 is 1.16 bits per heavy atom. The van der Waals surface area contributed by atoms with Gasteiger partial charge >= 0.3 is 0 Å². The summed E-state index contributed by atoms with van der Waals surface area (Å²) in [6.45, 7) is 10.4. The van der Waals surface area contributed by atoms with Crippen molar-refractivity contribution in [2.45, 2.75) is 53.0 Å². The highest BCUT2D eigenvalue weighted by Crippen LogP contribution is 2.23. The van der Waals surface area contributed by atoms with Crippen LogP contribution in [0.4, 0.5) is 0 Å². The second-order valence-electron chi connectivity index (χ2n) is 6.00. The highest BCUT2D eigenvalue weighted by molar-refractivity contribution is 5.90. The Balaban J connectivity index is 3.07. The second kappa shape index (κ2) is 5.87. The third-order valence-corrected chi connectivity index (χ3v) is 4.45. The van der Waals surface area contributed by atoms with Crippen LogP contribution in [0.1, 0.15) is 42.5 Å². The zero-order valence-corrected chi connectivity index (χ0v) is 13.4. The molecule has 0 saturated carbocycles. The first-order valence-electron chi connectivity index (χ1n) is 6.99. The Morgan fingerprint density at radius 3 is 2.00 bits per heavy atom. The van der Waals surface area contributed by atoms with Gasteiger partial charge in [0, 0.05) is 6.42 Å². The Morgan fingerprint density at radius 2 is 1.63 bits per heavy atom. The van der Waals surface area contributed by atoms with Gasteiger partial charge in [0.25, 0.3) is 0 Å². The number of aryl methyl sites for hydroxylation is 3. The molecule has 1 unspecified atom stereocenters. The van der Waals surface area contributed by atoms with E-state index < -0.39 is 0 Å². The molecule has 0 heterocycles. The number of carbonyl (C=O) groups is 1. The molecular formula is C17H27NO. The molecule has 0 aliphatic carbocycles. The smallest absolute Gasteiger partial charge is 0.157 e. The number of ketones is 1. The van der Waals surface area contributed by atoms with Crippen LogP contribution in [0.5, 0.6) is 0 Å². The zero-order chi connectivity index (χ0) is 14.8. The number of benzene rings is 1. The minimum absolute atomic E-state index is 0.301. The molecule has 0 amide bonds. The van der Waals surface area contributed by atoms with Gasteiger partial charge in [0.15, 0.2) is 5.78 Å². The van der Waals surface area contributed by atoms with Crippen LogP contribution in [-0.4, -0.2) is 30.3 Å². The van der Waals surface area contributed by atoms with Gasteiger partial charge < -0.3 is 0 Å². The van der Waals surface area contributed by atoms with Gasteiger partial charge in [-0.15, -0.1) is 0 Å². The molecule has 0 aromatic heterocycles. The molecule has 0 aliphatic heterocycles. The molecule has 106 valence electrons. The monoisotopic (exact) mass is 261 g/mol. The number of hydrogen-bond donors (Lipinski definition) is 0. The molecule has 0 N–H and O–H groups in total. The van der Waals surface area contributed by atoms with Gasteiger partial charge in [0.1, 0.15) is 0 Å². The number of nitrogens with zero attached hydrogens (tertiary/aromatic N) is 1. The number of rotatable bonds is 5. The first kappa shape index (κ1) is 15.9. The highest BCUT2D eigenvalue weighted by atomic mass is 16.1. The number of Topliss-reactive ketones (excluding diaryl/α,β-unsaturated/α-hetero) is 1. The van der Waals surface area contributed by atoms with Crippen molar-refractivity contribution in [1.29, 1.82) is 0 Å². The van der Waals surface area contributed by atoms with Gasteiger partial charge in [0.2, 0.25) is 0 Å². The van der Waals surface area contributed by atoms with E-state index in [4.69, 9.17) is 0 Å². The van der Waals surface area contributed by atoms with Crippen molar-refractivity contribution in [3.05, 3.63) is 34.4 Å². The second-order valence-corrected chi connectivity index (χ2v) is 6.00. The van der Waals surface area contributed by atoms with E-state index in [1.807, 2.05) is 25.9 Å². The van der Waals surface area contributed by atoms with Crippen LogP contribution in [0.15, 0.2) is 12.1 Å². The maximum atomic E-state index is 12.7. The lowest BCUT2D eigenvalue weighted by atomic mass is 9.85. The van der Waals surface area contributed by atoms with Crippen molar-refractivity contribution in [2.24, 2.45) is 0 Å². The van der Waals surface area contributed by atoms with Gasteiger partial charge in [-0.1, -0.05) is 24.6 Å². The van der Waals surface area contributed by atoms with E-state index in [2.05, 4.69) is 39.8 Å². The summed E-state index contributed by atoms with van der Waals surface area (Å²) in [5.41, 5.74) is 4.53. The summed E-state index contributed by atoms with van der Waals surface area (Å²) in [5.74, 6) is 0.301. The molecule has 0 radical (unpaired) electrons. The summed E-state index contributed by atoms with van der Waals surface area (Å²) in [6, 6.07) is 4.32. The van der Waals surface area contributed by atoms with Crippen LogP contribution >= 0.6 is 0 Å². The molecule has 0 aliphatic rings. The van der Waals surface area contributed by atoms with E-state index in [0.29, 0.717) is 12.2 Å². The predicted molar refractivity (Wildman–Crippen MR) is 81.7 cm³/mol. The van der Waals surface area contributed by atoms with Gasteiger partial charge in [0.05, 0.1) is 5.54 Å². The summed E-state index contributed by atoms with van der Waals surface area (Å²) in [6.07, 6.45) is 1.36. The Labute approximate surface area is 117 Å². The molecule has 19 heavy (non-hydrogen) atoms. The molecule has 1 atom stereocenters. The summed E-state index contributed by atoms with van der Waals surface area (Å²) in [5, 5.41) is 0. The highest BCUT2D eigenvalue weighted by Gasteiger charge is 2.33. The van der Waals surface area contributed by atoms with E-state index in [9.17, 15) is 4.79 Å². The molecule has 2 heteroatoms. The fraction of sp³-hybridized carbons (Fsp3) is 0.588. The van der Waals surface area contributed by atoms with Crippen molar-refractivity contribution >= 4 is 5.78 Å². The zero-order valence-electron chi connectivity index (χ0n) is 13.4.